The summed E-state index contributed by atoms with van der Waals surface area (Å²) >= 11 is 1.90. The van der Waals surface area contributed by atoms with E-state index in [0.29, 0.717) is 3.58 Å². The van der Waals surface area contributed by atoms with E-state index in [2.05, 4.69) is 5.32 Å². The van der Waals surface area contributed by atoms with Gasteiger partial charge in [0.05, 0.1) is 16.3 Å². The number of ether oxygens (including phenoxy) is 1. The second-order valence-corrected chi connectivity index (χ2v) is 5.13. The fraction of sp³-hybridized carbons (Fsp3) is 0.667. The van der Waals surface area contributed by atoms with E-state index in [1.807, 2.05) is 22.6 Å². The summed E-state index contributed by atoms with van der Waals surface area (Å²) in [4.78, 5) is 12.9. The van der Waals surface area contributed by atoms with E-state index in [-0.39, 0.29) is 13.0 Å². The van der Waals surface area contributed by atoms with Crippen LogP contribution in [0.5, 0.6) is 0 Å². The lowest BCUT2D eigenvalue weighted by atomic mass is 10.2. The number of aliphatic hydroxyl groups is 3. The molecule has 0 bridgehead atoms. The van der Waals surface area contributed by atoms with Gasteiger partial charge in [-0.2, -0.15) is 0 Å². The van der Waals surface area contributed by atoms with Crippen LogP contribution in [0.1, 0.15) is 6.42 Å². The van der Waals surface area contributed by atoms with E-state index < -0.39 is 30.7 Å². The summed E-state index contributed by atoms with van der Waals surface area (Å²) in [5, 5.41) is 30.3. The molecule has 4 N–H and O–H groups in total. The fourth-order valence-electron chi connectivity index (χ4n) is 1.79. The Morgan fingerprint density at radius 1 is 1.59 bits per heavy atom. The number of carbonyl (C=O) groups excluding carboxylic acids is 1. The van der Waals surface area contributed by atoms with Crippen LogP contribution in [0, 0.1) is 0 Å². The van der Waals surface area contributed by atoms with E-state index in [4.69, 9.17) is 9.84 Å². The Morgan fingerprint density at radius 2 is 2.29 bits per heavy atom. The standard InChI is InChI=1S/C9H13IN2O5/c10-4-2-12(9(16)11-8(4)15)7-1-5(14)6(3-13)17-7/h2,5-8,13-15H,1,3H2,(H,11,16)/t5?,6-,7?,8?/m1/s1. The van der Waals surface area contributed by atoms with Crippen molar-refractivity contribution in [2.75, 3.05) is 6.61 Å². The minimum atomic E-state index is -1.00. The summed E-state index contributed by atoms with van der Waals surface area (Å²) in [6.07, 6.45) is -1.39. The minimum Gasteiger partial charge on any atom is -0.394 e. The molecule has 2 aliphatic rings. The van der Waals surface area contributed by atoms with Gasteiger partial charge in [-0.05, 0) is 22.6 Å². The lowest BCUT2D eigenvalue weighted by Crippen LogP contribution is -2.50. The van der Waals surface area contributed by atoms with Crippen molar-refractivity contribution in [3.8, 4) is 0 Å². The molecule has 0 saturated carbocycles. The molecule has 8 heteroatoms. The summed E-state index contributed by atoms with van der Waals surface area (Å²) in [5.41, 5.74) is 0. The van der Waals surface area contributed by atoms with Crippen molar-refractivity contribution in [2.45, 2.75) is 31.1 Å². The van der Waals surface area contributed by atoms with Gasteiger partial charge in [0, 0.05) is 12.6 Å². The number of nitrogens with zero attached hydrogens (tertiary/aromatic N) is 1. The van der Waals surface area contributed by atoms with Crippen molar-refractivity contribution in [1.29, 1.82) is 0 Å². The smallest absolute Gasteiger partial charge is 0.325 e. The number of nitrogens with one attached hydrogen (secondary N) is 1. The third-order valence-corrected chi connectivity index (χ3v) is 3.58. The number of aliphatic hydroxyl groups excluding tert-OH is 3. The highest BCUT2D eigenvalue weighted by Crippen LogP contribution is 2.27. The molecule has 0 aromatic carbocycles. The van der Waals surface area contributed by atoms with Gasteiger partial charge in [0.1, 0.15) is 12.3 Å². The monoisotopic (exact) mass is 356 g/mol. The Balaban J connectivity index is 2.11. The normalized spacial score (nSPS) is 38.0. The summed E-state index contributed by atoms with van der Waals surface area (Å²) in [5.74, 6) is 0. The molecule has 0 spiro atoms. The Kier molecular flexibility index (Phi) is 3.88. The van der Waals surface area contributed by atoms with Crippen LogP contribution in [0.2, 0.25) is 0 Å². The number of hydrogen-bond acceptors (Lipinski definition) is 5. The van der Waals surface area contributed by atoms with Gasteiger partial charge >= 0.3 is 6.03 Å². The van der Waals surface area contributed by atoms with Gasteiger partial charge in [-0.3, -0.25) is 4.90 Å². The molecular weight excluding hydrogens is 343 g/mol. The zero-order valence-electron chi connectivity index (χ0n) is 8.78. The van der Waals surface area contributed by atoms with Crippen LogP contribution in [0.15, 0.2) is 9.78 Å². The van der Waals surface area contributed by atoms with Gasteiger partial charge in [-0.1, -0.05) is 0 Å². The van der Waals surface area contributed by atoms with Gasteiger partial charge in [-0.15, -0.1) is 0 Å². The first kappa shape index (κ1) is 13.0. The maximum atomic E-state index is 11.6. The Hall–Kier alpha value is -0.420. The largest absolute Gasteiger partial charge is 0.394 e. The SMILES string of the molecule is O=C1NC(O)C(I)=CN1C1CC(O)[C@@H](CO)O1. The Morgan fingerprint density at radius 3 is 2.88 bits per heavy atom. The number of hydrogen-bond donors (Lipinski definition) is 4. The van der Waals surface area contributed by atoms with Crippen molar-refractivity contribution in [1.82, 2.24) is 10.2 Å². The molecule has 0 aromatic heterocycles. The van der Waals surface area contributed by atoms with E-state index in [1.54, 1.807) is 0 Å². The third kappa shape index (κ3) is 2.55. The van der Waals surface area contributed by atoms with Crippen molar-refractivity contribution in [3.05, 3.63) is 9.78 Å². The Bertz CT molecular complexity index is 350. The predicted molar refractivity (Wildman–Crippen MR) is 64.9 cm³/mol. The maximum absolute atomic E-state index is 11.6. The van der Waals surface area contributed by atoms with Gasteiger partial charge in [0.15, 0.2) is 6.23 Å². The van der Waals surface area contributed by atoms with E-state index in [0.717, 1.165) is 0 Å². The number of carbonyl (C=O) groups is 1. The average Bonchev–Trinajstić information content (AvgIpc) is 2.65. The minimum absolute atomic E-state index is 0.231. The highest BCUT2D eigenvalue weighted by atomic mass is 127. The van der Waals surface area contributed by atoms with Crippen LogP contribution in [0.3, 0.4) is 0 Å². The molecule has 7 nitrogen and oxygen atoms in total. The summed E-state index contributed by atoms with van der Waals surface area (Å²) in [6.45, 7) is -0.295. The molecule has 17 heavy (non-hydrogen) atoms. The van der Waals surface area contributed by atoms with Gasteiger partial charge in [0.25, 0.3) is 0 Å². The molecule has 0 aliphatic carbocycles. The molecule has 4 atom stereocenters. The van der Waals surface area contributed by atoms with E-state index in [9.17, 15) is 15.0 Å². The molecule has 2 rings (SSSR count). The van der Waals surface area contributed by atoms with Gasteiger partial charge in [0.2, 0.25) is 0 Å². The highest BCUT2D eigenvalue weighted by Gasteiger charge is 2.39. The first-order valence-corrected chi connectivity index (χ1v) is 6.19. The van der Waals surface area contributed by atoms with Crippen LogP contribution in [-0.4, -0.2) is 57.5 Å². The average molecular weight is 356 g/mol. The van der Waals surface area contributed by atoms with E-state index in [1.165, 1.54) is 11.1 Å². The fourth-order valence-corrected chi connectivity index (χ4v) is 2.24. The van der Waals surface area contributed by atoms with Crippen molar-refractivity contribution >= 4 is 28.6 Å². The third-order valence-electron chi connectivity index (χ3n) is 2.71. The molecule has 96 valence electrons. The molecule has 0 radical (unpaired) electrons. The first-order chi connectivity index (χ1) is 8.02. The number of urea groups is 1. The van der Waals surface area contributed by atoms with Crippen molar-refractivity contribution < 1.29 is 24.9 Å². The number of halogens is 1. The van der Waals surface area contributed by atoms with Crippen LogP contribution in [0.4, 0.5) is 4.79 Å². The topological polar surface area (TPSA) is 102 Å². The summed E-state index contributed by atoms with van der Waals surface area (Å²) in [7, 11) is 0. The summed E-state index contributed by atoms with van der Waals surface area (Å²) in [6, 6.07) is -0.492. The quantitative estimate of drug-likeness (QED) is 0.479. The summed E-state index contributed by atoms with van der Waals surface area (Å²) < 4.78 is 5.90. The molecule has 1 fully saturated rings. The molecule has 2 aliphatic heterocycles. The highest BCUT2D eigenvalue weighted by molar-refractivity contribution is 14.1. The lowest BCUT2D eigenvalue weighted by Gasteiger charge is -2.31. The second-order valence-electron chi connectivity index (χ2n) is 3.89. The lowest BCUT2D eigenvalue weighted by molar-refractivity contribution is -0.0556. The molecule has 0 aromatic rings. The maximum Gasteiger partial charge on any atom is 0.325 e. The van der Waals surface area contributed by atoms with Crippen LogP contribution in [-0.2, 0) is 4.74 Å². The van der Waals surface area contributed by atoms with Gasteiger partial charge < -0.3 is 25.4 Å². The zero-order valence-corrected chi connectivity index (χ0v) is 10.9. The second kappa shape index (κ2) is 5.06. The molecule has 3 unspecified atom stereocenters. The number of rotatable bonds is 2. The molecule has 1 saturated heterocycles. The molecule has 2 amide bonds. The number of amides is 2. The van der Waals surface area contributed by atoms with Gasteiger partial charge in [-0.25, -0.2) is 4.79 Å². The molecular formula is C9H13IN2O5. The van der Waals surface area contributed by atoms with Crippen molar-refractivity contribution in [3.63, 3.8) is 0 Å². The Labute approximate surface area is 111 Å². The van der Waals surface area contributed by atoms with Crippen LogP contribution < -0.4 is 5.32 Å². The van der Waals surface area contributed by atoms with Crippen LogP contribution in [0.25, 0.3) is 0 Å². The predicted octanol–water partition coefficient (Wildman–Crippen LogP) is -0.925. The zero-order chi connectivity index (χ0) is 12.6. The molecule has 2 heterocycles. The van der Waals surface area contributed by atoms with Crippen LogP contribution >= 0.6 is 22.6 Å². The van der Waals surface area contributed by atoms with Crippen molar-refractivity contribution in [2.24, 2.45) is 0 Å². The van der Waals surface area contributed by atoms with E-state index >= 15 is 0 Å². The first-order valence-electron chi connectivity index (χ1n) is 5.11.